The summed E-state index contributed by atoms with van der Waals surface area (Å²) in [7, 11) is 0. The molecule has 0 aliphatic carbocycles. The molecule has 1 aromatic carbocycles. The molecule has 98 valence electrons. The fraction of sp³-hybridized carbons (Fsp3) is 0.600. The number of nitrogens with zero attached hydrogens (tertiary/aromatic N) is 1. The highest BCUT2D eigenvalue weighted by molar-refractivity contribution is 5.59. The lowest BCUT2D eigenvalue weighted by molar-refractivity contribution is 0.156. The van der Waals surface area contributed by atoms with Gasteiger partial charge in [-0.2, -0.15) is 0 Å². The molecule has 1 fully saturated rings. The highest BCUT2D eigenvalue weighted by Gasteiger charge is 2.38. The van der Waals surface area contributed by atoms with E-state index in [-0.39, 0.29) is 5.41 Å². The molecule has 3 nitrogen and oxygen atoms in total. The van der Waals surface area contributed by atoms with Gasteiger partial charge in [0.2, 0.25) is 0 Å². The Kier molecular flexibility index (Phi) is 3.04. The van der Waals surface area contributed by atoms with Crippen LogP contribution in [0.15, 0.2) is 24.3 Å². The molecule has 3 heteroatoms. The van der Waals surface area contributed by atoms with Gasteiger partial charge in [0, 0.05) is 36.8 Å². The SMILES string of the molecule is CC1Cc2ccccc2N1CC1(CN)CCOC1. The van der Waals surface area contributed by atoms with Crippen LogP contribution in [0, 0.1) is 5.41 Å². The maximum absolute atomic E-state index is 6.01. The number of rotatable bonds is 3. The minimum atomic E-state index is 0.158. The van der Waals surface area contributed by atoms with Crippen molar-refractivity contribution >= 4 is 5.69 Å². The highest BCUT2D eigenvalue weighted by atomic mass is 16.5. The van der Waals surface area contributed by atoms with Crippen LogP contribution in [0.4, 0.5) is 5.69 Å². The average molecular weight is 246 g/mol. The largest absolute Gasteiger partial charge is 0.381 e. The Labute approximate surface area is 109 Å². The van der Waals surface area contributed by atoms with E-state index in [2.05, 4.69) is 36.1 Å². The van der Waals surface area contributed by atoms with Gasteiger partial charge < -0.3 is 15.4 Å². The fourth-order valence-electron chi connectivity index (χ4n) is 3.23. The number of anilines is 1. The maximum Gasteiger partial charge on any atom is 0.0552 e. The van der Waals surface area contributed by atoms with Crippen molar-refractivity contribution in [2.75, 3.05) is 31.2 Å². The van der Waals surface area contributed by atoms with Gasteiger partial charge in [0.05, 0.1) is 6.61 Å². The van der Waals surface area contributed by atoms with E-state index in [0.717, 1.165) is 39.1 Å². The Morgan fingerprint density at radius 3 is 3.00 bits per heavy atom. The molecule has 1 aromatic rings. The molecule has 18 heavy (non-hydrogen) atoms. The first-order chi connectivity index (χ1) is 8.74. The summed E-state index contributed by atoms with van der Waals surface area (Å²) < 4.78 is 5.58. The Bertz CT molecular complexity index is 426. The Balaban J connectivity index is 1.84. The summed E-state index contributed by atoms with van der Waals surface area (Å²) in [6.45, 7) is 5.73. The van der Waals surface area contributed by atoms with E-state index in [4.69, 9.17) is 10.5 Å². The van der Waals surface area contributed by atoms with Crippen molar-refractivity contribution in [3.63, 3.8) is 0 Å². The van der Waals surface area contributed by atoms with E-state index in [1.807, 2.05) is 0 Å². The van der Waals surface area contributed by atoms with Crippen LogP contribution in [0.2, 0.25) is 0 Å². The predicted octanol–water partition coefficient (Wildman–Crippen LogP) is 1.80. The van der Waals surface area contributed by atoms with Crippen LogP contribution in [0.3, 0.4) is 0 Å². The van der Waals surface area contributed by atoms with Crippen molar-refractivity contribution in [1.82, 2.24) is 0 Å². The summed E-state index contributed by atoms with van der Waals surface area (Å²) in [6, 6.07) is 9.31. The molecule has 0 aromatic heterocycles. The van der Waals surface area contributed by atoms with Crippen LogP contribution in [0.1, 0.15) is 18.9 Å². The molecule has 0 spiro atoms. The first kappa shape index (κ1) is 12.0. The van der Waals surface area contributed by atoms with Crippen molar-refractivity contribution < 1.29 is 4.74 Å². The van der Waals surface area contributed by atoms with E-state index in [1.165, 1.54) is 11.3 Å². The second-order valence-corrected chi connectivity index (χ2v) is 5.82. The van der Waals surface area contributed by atoms with Gasteiger partial charge >= 0.3 is 0 Å². The number of para-hydroxylation sites is 1. The van der Waals surface area contributed by atoms with Crippen LogP contribution < -0.4 is 10.6 Å². The van der Waals surface area contributed by atoms with Gasteiger partial charge in [-0.1, -0.05) is 18.2 Å². The number of hydrogen-bond acceptors (Lipinski definition) is 3. The van der Waals surface area contributed by atoms with Gasteiger partial charge in [-0.25, -0.2) is 0 Å². The molecular weight excluding hydrogens is 224 g/mol. The zero-order valence-corrected chi connectivity index (χ0v) is 11.1. The third-order valence-corrected chi connectivity index (χ3v) is 4.47. The van der Waals surface area contributed by atoms with Crippen LogP contribution >= 0.6 is 0 Å². The highest BCUT2D eigenvalue weighted by Crippen LogP contribution is 2.37. The van der Waals surface area contributed by atoms with E-state index in [0.29, 0.717) is 6.04 Å². The quantitative estimate of drug-likeness (QED) is 0.884. The van der Waals surface area contributed by atoms with Crippen molar-refractivity contribution in [1.29, 1.82) is 0 Å². The smallest absolute Gasteiger partial charge is 0.0552 e. The number of fused-ring (bicyclic) bond motifs is 1. The average Bonchev–Trinajstić information content (AvgIpc) is 2.97. The molecular formula is C15H22N2O. The van der Waals surface area contributed by atoms with E-state index in [1.54, 1.807) is 0 Å². The molecule has 2 unspecified atom stereocenters. The first-order valence-electron chi connectivity index (χ1n) is 6.86. The van der Waals surface area contributed by atoms with E-state index < -0.39 is 0 Å². The number of ether oxygens (including phenoxy) is 1. The number of nitrogens with two attached hydrogens (primary N) is 1. The minimum Gasteiger partial charge on any atom is -0.381 e. The van der Waals surface area contributed by atoms with Gasteiger partial charge in [-0.15, -0.1) is 0 Å². The molecule has 2 heterocycles. The van der Waals surface area contributed by atoms with Gasteiger partial charge in [0.15, 0.2) is 0 Å². The van der Waals surface area contributed by atoms with Gasteiger partial charge in [0.25, 0.3) is 0 Å². The van der Waals surface area contributed by atoms with Crippen LogP contribution in [0.5, 0.6) is 0 Å². The van der Waals surface area contributed by atoms with Crippen LogP contribution in [0.25, 0.3) is 0 Å². The molecule has 1 saturated heterocycles. The Morgan fingerprint density at radius 2 is 2.28 bits per heavy atom. The lowest BCUT2D eigenvalue weighted by atomic mass is 9.86. The van der Waals surface area contributed by atoms with Crippen molar-refractivity contribution in [3.05, 3.63) is 29.8 Å². The molecule has 0 saturated carbocycles. The summed E-state index contributed by atoms with van der Waals surface area (Å²) in [5.41, 5.74) is 9.03. The molecule has 3 rings (SSSR count). The van der Waals surface area contributed by atoms with Crippen molar-refractivity contribution in [3.8, 4) is 0 Å². The van der Waals surface area contributed by atoms with Gasteiger partial charge in [-0.3, -0.25) is 0 Å². The third kappa shape index (κ3) is 1.91. The van der Waals surface area contributed by atoms with Gasteiger partial charge in [-0.05, 0) is 31.4 Å². The fourth-order valence-corrected chi connectivity index (χ4v) is 3.23. The standard InChI is InChI=1S/C15H22N2O/c1-12-8-13-4-2-3-5-14(13)17(12)10-15(9-16)6-7-18-11-15/h2-5,12H,6-11,16H2,1H3. The second-order valence-electron chi connectivity index (χ2n) is 5.82. The minimum absolute atomic E-state index is 0.158. The van der Waals surface area contributed by atoms with Crippen molar-refractivity contribution in [2.24, 2.45) is 11.1 Å². The monoisotopic (exact) mass is 246 g/mol. The summed E-state index contributed by atoms with van der Waals surface area (Å²) in [5.74, 6) is 0. The molecule has 0 radical (unpaired) electrons. The molecule has 2 atom stereocenters. The summed E-state index contributed by atoms with van der Waals surface area (Å²) in [4.78, 5) is 2.52. The van der Waals surface area contributed by atoms with Crippen molar-refractivity contribution in [2.45, 2.75) is 25.8 Å². The molecule has 2 aliphatic heterocycles. The normalized spacial score (nSPS) is 30.8. The third-order valence-electron chi connectivity index (χ3n) is 4.47. The summed E-state index contributed by atoms with van der Waals surface area (Å²) in [6.07, 6.45) is 2.24. The maximum atomic E-state index is 6.01. The van der Waals surface area contributed by atoms with E-state index in [9.17, 15) is 0 Å². The van der Waals surface area contributed by atoms with E-state index >= 15 is 0 Å². The first-order valence-corrected chi connectivity index (χ1v) is 6.86. The molecule has 0 bridgehead atoms. The Hall–Kier alpha value is -1.06. The lowest BCUT2D eigenvalue weighted by Crippen LogP contribution is -2.45. The number of benzene rings is 1. The summed E-state index contributed by atoms with van der Waals surface area (Å²) >= 11 is 0. The molecule has 0 amide bonds. The Morgan fingerprint density at radius 1 is 1.44 bits per heavy atom. The zero-order valence-electron chi connectivity index (χ0n) is 11.1. The van der Waals surface area contributed by atoms with Gasteiger partial charge in [0.1, 0.15) is 0 Å². The molecule has 2 aliphatic rings. The zero-order chi connectivity index (χ0) is 12.6. The number of hydrogen-bond donors (Lipinski definition) is 1. The predicted molar refractivity (Wildman–Crippen MR) is 73.9 cm³/mol. The molecule has 2 N–H and O–H groups in total. The van der Waals surface area contributed by atoms with Crippen LogP contribution in [-0.4, -0.2) is 32.3 Å². The summed E-state index contributed by atoms with van der Waals surface area (Å²) in [5, 5.41) is 0. The van der Waals surface area contributed by atoms with Crippen LogP contribution in [-0.2, 0) is 11.2 Å². The second kappa shape index (κ2) is 4.56. The lowest BCUT2D eigenvalue weighted by Gasteiger charge is -2.35. The topological polar surface area (TPSA) is 38.5 Å².